The van der Waals surface area contributed by atoms with Gasteiger partial charge in [0, 0.05) is 12.6 Å². The maximum absolute atomic E-state index is 13.0. The molecule has 1 nitrogen and oxygen atoms in total. The highest BCUT2D eigenvalue weighted by molar-refractivity contribution is 6.30. The van der Waals surface area contributed by atoms with Gasteiger partial charge in [0.1, 0.15) is 5.82 Å². The Kier molecular flexibility index (Phi) is 6.53. The van der Waals surface area contributed by atoms with E-state index in [1.165, 1.54) is 31.7 Å². The lowest BCUT2D eigenvalue weighted by Gasteiger charge is -2.13. The first-order chi connectivity index (χ1) is 8.13. The molecular formula is C14H21ClFN. The Labute approximate surface area is 108 Å². The van der Waals surface area contributed by atoms with Crippen molar-refractivity contribution in [1.29, 1.82) is 0 Å². The van der Waals surface area contributed by atoms with Crippen LogP contribution in [0.5, 0.6) is 0 Å². The fourth-order valence-corrected chi connectivity index (χ4v) is 1.95. The van der Waals surface area contributed by atoms with Crippen molar-refractivity contribution in [3.8, 4) is 0 Å². The van der Waals surface area contributed by atoms with E-state index >= 15 is 0 Å². The van der Waals surface area contributed by atoms with Crippen molar-refractivity contribution in [3.63, 3.8) is 0 Å². The first-order valence-corrected chi connectivity index (χ1v) is 6.68. The zero-order valence-electron chi connectivity index (χ0n) is 10.6. The van der Waals surface area contributed by atoms with Crippen molar-refractivity contribution in [1.82, 2.24) is 5.32 Å². The molecule has 0 spiro atoms. The molecule has 0 aliphatic rings. The van der Waals surface area contributed by atoms with Crippen LogP contribution in [0.4, 0.5) is 4.39 Å². The third-order valence-corrected chi connectivity index (χ3v) is 3.17. The Balaban J connectivity index is 2.31. The lowest BCUT2D eigenvalue weighted by Crippen LogP contribution is -2.25. The smallest absolute Gasteiger partial charge is 0.141 e. The van der Waals surface area contributed by atoms with Gasteiger partial charge in [-0.25, -0.2) is 4.39 Å². The van der Waals surface area contributed by atoms with Crippen LogP contribution in [0.1, 0.15) is 45.1 Å². The maximum Gasteiger partial charge on any atom is 0.141 e. The summed E-state index contributed by atoms with van der Waals surface area (Å²) >= 11 is 5.73. The van der Waals surface area contributed by atoms with Gasteiger partial charge in [-0.1, -0.05) is 43.9 Å². The number of rotatable bonds is 7. The Morgan fingerprint density at radius 1 is 1.35 bits per heavy atom. The number of unbranched alkanes of at least 4 members (excludes halogenated alkanes) is 2. The van der Waals surface area contributed by atoms with Crippen molar-refractivity contribution in [2.24, 2.45) is 0 Å². The highest BCUT2D eigenvalue weighted by atomic mass is 35.5. The molecule has 96 valence electrons. The number of benzene rings is 1. The molecule has 3 heteroatoms. The van der Waals surface area contributed by atoms with E-state index in [-0.39, 0.29) is 10.8 Å². The SMILES string of the molecule is CCCCCC(C)NCc1ccc(F)c(Cl)c1. The number of hydrogen-bond acceptors (Lipinski definition) is 1. The van der Waals surface area contributed by atoms with Crippen LogP contribution in [0.3, 0.4) is 0 Å². The summed E-state index contributed by atoms with van der Waals surface area (Å²) < 4.78 is 13.0. The van der Waals surface area contributed by atoms with Gasteiger partial charge < -0.3 is 5.32 Å². The molecule has 0 saturated heterocycles. The van der Waals surface area contributed by atoms with Gasteiger partial charge in [0.2, 0.25) is 0 Å². The second-order valence-electron chi connectivity index (χ2n) is 4.53. The standard InChI is InChI=1S/C14H21ClFN/c1-3-4-5-6-11(2)17-10-12-7-8-14(16)13(15)9-12/h7-9,11,17H,3-6,10H2,1-2H3. The molecule has 1 aromatic rings. The zero-order chi connectivity index (χ0) is 12.7. The minimum absolute atomic E-state index is 0.197. The van der Waals surface area contributed by atoms with E-state index in [0.29, 0.717) is 6.04 Å². The topological polar surface area (TPSA) is 12.0 Å². The van der Waals surface area contributed by atoms with Crippen molar-refractivity contribution >= 4 is 11.6 Å². The second kappa shape index (κ2) is 7.67. The summed E-state index contributed by atoms with van der Waals surface area (Å²) in [5.74, 6) is -0.355. The molecule has 0 saturated carbocycles. The molecule has 17 heavy (non-hydrogen) atoms. The number of halogens is 2. The fourth-order valence-electron chi connectivity index (χ4n) is 1.74. The average Bonchev–Trinajstić information content (AvgIpc) is 2.31. The fraction of sp³-hybridized carbons (Fsp3) is 0.571. The van der Waals surface area contributed by atoms with Crippen molar-refractivity contribution in [3.05, 3.63) is 34.6 Å². The van der Waals surface area contributed by atoms with Crippen molar-refractivity contribution in [2.75, 3.05) is 0 Å². The van der Waals surface area contributed by atoms with E-state index in [0.717, 1.165) is 12.1 Å². The molecule has 1 N–H and O–H groups in total. The van der Waals surface area contributed by atoms with E-state index in [2.05, 4.69) is 19.2 Å². The molecule has 1 unspecified atom stereocenters. The molecule has 1 aromatic carbocycles. The van der Waals surface area contributed by atoms with Crippen LogP contribution in [0, 0.1) is 5.82 Å². The van der Waals surface area contributed by atoms with Gasteiger partial charge in [0.05, 0.1) is 5.02 Å². The summed E-state index contributed by atoms with van der Waals surface area (Å²) in [6.07, 6.45) is 4.98. The largest absolute Gasteiger partial charge is 0.310 e. The summed E-state index contributed by atoms with van der Waals surface area (Å²) in [5, 5.41) is 3.62. The molecule has 0 aliphatic heterocycles. The van der Waals surface area contributed by atoms with Gasteiger partial charge in [-0.2, -0.15) is 0 Å². The summed E-state index contributed by atoms with van der Waals surface area (Å²) in [5.41, 5.74) is 1.03. The monoisotopic (exact) mass is 257 g/mol. The van der Waals surface area contributed by atoms with Crippen LogP contribution < -0.4 is 5.32 Å². The first kappa shape index (κ1) is 14.5. The third kappa shape index (κ3) is 5.51. The Morgan fingerprint density at radius 3 is 2.76 bits per heavy atom. The molecule has 0 aliphatic carbocycles. The second-order valence-corrected chi connectivity index (χ2v) is 4.93. The van der Waals surface area contributed by atoms with Gasteiger partial charge in [-0.15, -0.1) is 0 Å². The van der Waals surface area contributed by atoms with Gasteiger partial charge in [-0.3, -0.25) is 0 Å². The highest BCUT2D eigenvalue weighted by Crippen LogP contribution is 2.16. The predicted octanol–water partition coefficient (Wildman–Crippen LogP) is 4.54. The van der Waals surface area contributed by atoms with E-state index in [1.807, 2.05) is 0 Å². The quantitative estimate of drug-likeness (QED) is 0.708. The predicted molar refractivity (Wildman–Crippen MR) is 71.9 cm³/mol. The molecule has 0 aromatic heterocycles. The lowest BCUT2D eigenvalue weighted by molar-refractivity contribution is 0.487. The van der Waals surface area contributed by atoms with Gasteiger partial charge in [0.25, 0.3) is 0 Å². The van der Waals surface area contributed by atoms with Crippen LogP contribution in [-0.2, 0) is 6.54 Å². The number of hydrogen-bond donors (Lipinski definition) is 1. The molecule has 0 bridgehead atoms. The molecule has 0 amide bonds. The normalized spacial score (nSPS) is 12.7. The van der Waals surface area contributed by atoms with Crippen LogP contribution in [0.15, 0.2) is 18.2 Å². The Hall–Kier alpha value is -0.600. The Bertz CT molecular complexity index is 341. The molecule has 1 atom stereocenters. The van der Waals surface area contributed by atoms with Crippen molar-refractivity contribution in [2.45, 2.75) is 52.1 Å². The lowest BCUT2D eigenvalue weighted by atomic mass is 10.1. The van der Waals surface area contributed by atoms with E-state index in [4.69, 9.17) is 11.6 Å². The van der Waals surface area contributed by atoms with E-state index < -0.39 is 0 Å². The molecule has 0 radical (unpaired) electrons. The number of nitrogens with one attached hydrogen (secondary N) is 1. The zero-order valence-corrected chi connectivity index (χ0v) is 11.4. The third-order valence-electron chi connectivity index (χ3n) is 2.88. The highest BCUT2D eigenvalue weighted by Gasteiger charge is 2.03. The summed E-state index contributed by atoms with van der Waals surface area (Å²) in [6, 6.07) is 5.36. The molecular weight excluding hydrogens is 237 g/mol. The summed E-state index contributed by atoms with van der Waals surface area (Å²) in [6.45, 7) is 5.13. The first-order valence-electron chi connectivity index (χ1n) is 6.30. The van der Waals surface area contributed by atoms with Crippen LogP contribution >= 0.6 is 11.6 Å². The van der Waals surface area contributed by atoms with Crippen LogP contribution in [0.25, 0.3) is 0 Å². The summed E-state index contributed by atoms with van der Waals surface area (Å²) in [7, 11) is 0. The van der Waals surface area contributed by atoms with Gasteiger partial charge in [0.15, 0.2) is 0 Å². The minimum Gasteiger partial charge on any atom is -0.310 e. The molecule has 0 heterocycles. The average molecular weight is 258 g/mol. The maximum atomic E-state index is 13.0. The van der Waals surface area contributed by atoms with Gasteiger partial charge >= 0.3 is 0 Å². The van der Waals surface area contributed by atoms with Crippen LogP contribution in [-0.4, -0.2) is 6.04 Å². The summed E-state index contributed by atoms with van der Waals surface area (Å²) in [4.78, 5) is 0. The van der Waals surface area contributed by atoms with Gasteiger partial charge in [-0.05, 0) is 31.0 Å². The molecule has 1 rings (SSSR count). The van der Waals surface area contributed by atoms with Crippen molar-refractivity contribution < 1.29 is 4.39 Å². The molecule has 0 fully saturated rings. The van der Waals surface area contributed by atoms with E-state index in [9.17, 15) is 4.39 Å². The van der Waals surface area contributed by atoms with Crippen LogP contribution in [0.2, 0.25) is 5.02 Å². The Morgan fingerprint density at radius 2 is 2.12 bits per heavy atom. The van der Waals surface area contributed by atoms with E-state index in [1.54, 1.807) is 12.1 Å². The minimum atomic E-state index is -0.355.